The molecule has 0 spiro atoms. The van der Waals surface area contributed by atoms with Gasteiger partial charge in [0.05, 0.1) is 21.9 Å². The van der Waals surface area contributed by atoms with Crippen molar-refractivity contribution in [3.05, 3.63) is 68.7 Å². The normalized spacial score (nSPS) is 15.7. The number of carbonyl (C=O) groups is 1. The first-order valence-corrected chi connectivity index (χ1v) is 11.4. The molecule has 0 aliphatic carbocycles. The van der Waals surface area contributed by atoms with Gasteiger partial charge >= 0.3 is 0 Å². The van der Waals surface area contributed by atoms with Gasteiger partial charge in [0, 0.05) is 30.1 Å². The van der Waals surface area contributed by atoms with Crippen molar-refractivity contribution in [3.63, 3.8) is 0 Å². The second-order valence-corrected chi connectivity index (χ2v) is 9.66. The Morgan fingerprint density at radius 2 is 1.83 bits per heavy atom. The highest BCUT2D eigenvalue weighted by Crippen LogP contribution is 2.27. The van der Waals surface area contributed by atoms with Crippen LogP contribution in [0.15, 0.2) is 42.5 Å². The van der Waals surface area contributed by atoms with Gasteiger partial charge in [0.1, 0.15) is 0 Å². The number of halogens is 1. The topological polar surface area (TPSA) is 110 Å². The number of carbonyl (C=O) groups excluding carboxylic acids is 1. The SMILES string of the molecule is Cc1c(NC(=O)C2CCN(S(=O)(=O)Cc3ccc(Cl)cc3)CC2)cccc1[N+](=O)[O-]. The molecule has 1 amide bonds. The van der Waals surface area contributed by atoms with E-state index < -0.39 is 14.9 Å². The van der Waals surface area contributed by atoms with Crippen molar-refractivity contribution in [1.82, 2.24) is 4.31 Å². The molecular weight excluding hydrogens is 430 g/mol. The minimum absolute atomic E-state index is 0.0593. The summed E-state index contributed by atoms with van der Waals surface area (Å²) in [5.41, 5.74) is 1.38. The van der Waals surface area contributed by atoms with Crippen LogP contribution in [0.4, 0.5) is 11.4 Å². The van der Waals surface area contributed by atoms with Gasteiger partial charge in [0.15, 0.2) is 0 Å². The summed E-state index contributed by atoms with van der Waals surface area (Å²) >= 11 is 5.84. The molecule has 1 heterocycles. The first-order chi connectivity index (χ1) is 14.2. The fraction of sp³-hybridized carbons (Fsp3) is 0.350. The predicted molar refractivity (Wildman–Crippen MR) is 115 cm³/mol. The fourth-order valence-electron chi connectivity index (χ4n) is 3.47. The van der Waals surface area contributed by atoms with Crippen LogP contribution >= 0.6 is 11.6 Å². The number of nitro benzene ring substituents is 1. The summed E-state index contributed by atoms with van der Waals surface area (Å²) in [6.45, 7) is 2.09. The standard InChI is InChI=1S/C20H22ClN3O5S/c1-14-18(3-2-4-19(14)24(26)27)22-20(25)16-9-11-23(12-10-16)30(28,29)13-15-5-7-17(21)8-6-15/h2-8,16H,9-13H2,1H3,(H,22,25). The van der Waals surface area contributed by atoms with E-state index in [-0.39, 0.29) is 36.4 Å². The molecule has 30 heavy (non-hydrogen) atoms. The molecule has 2 aromatic rings. The van der Waals surface area contributed by atoms with E-state index in [2.05, 4.69) is 5.32 Å². The molecule has 10 heteroatoms. The van der Waals surface area contributed by atoms with Crippen molar-refractivity contribution in [1.29, 1.82) is 0 Å². The average molecular weight is 452 g/mol. The molecule has 1 aliphatic heterocycles. The smallest absolute Gasteiger partial charge is 0.274 e. The fourth-order valence-corrected chi connectivity index (χ4v) is 5.16. The van der Waals surface area contributed by atoms with Gasteiger partial charge in [0.2, 0.25) is 15.9 Å². The Bertz CT molecular complexity index is 1050. The van der Waals surface area contributed by atoms with E-state index in [0.29, 0.717) is 34.7 Å². The Hall–Kier alpha value is -2.49. The molecule has 160 valence electrons. The van der Waals surface area contributed by atoms with Crippen molar-refractivity contribution in [2.75, 3.05) is 18.4 Å². The number of benzene rings is 2. The Balaban J connectivity index is 1.60. The predicted octanol–water partition coefficient (Wildman–Crippen LogP) is 3.74. The van der Waals surface area contributed by atoms with Crippen LogP contribution in [-0.2, 0) is 20.6 Å². The molecule has 0 unspecified atom stereocenters. The van der Waals surface area contributed by atoms with Gasteiger partial charge in [-0.05, 0) is 43.5 Å². The molecule has 1 saturated heterocycles. The lowest BCUT2D eigenvalue weighted by atomic mass is 9.97. The van der Waals surface area contributed by atoms with Crippen LogP contribution < -0.4 is 5.32 Å². The highest BCUT2D eigenvalue weighted by Gasteiger charge is 2.31. The third-order valence-electron chi connectivity index (χ3n) is 5.24. The number of nitrogens with one attached hydrogen (secondary N) is 1. The molecule has 1 N–H and O–H groups in total. The number of rotatable bonds is 6. The molecule has 0 atom stereocenters. The first kappa shape index (κ1) is 22.2. The van der Waals surface area contributed by atoms with Crippen LogP contribution in [0.25, 0.3) is 0 Å². The quantitative estimate of drug-likeness (QED) is 0.531. The number of nitro groups is 1. The van der Waals surface area contributed by atoms with Crippen molar-refractivity contribution in [3.8, 4) is 0 Å². The maximum Gasteiger partial charge on any atom is 0.274 e. The monoisotopic (exact) mass is 451 g/mol. The molecule has 0 aromatic heterocycles. The van der Waals surface area contributed by atoms with Gasteiger partial charge in [-0.2, -0.15) is 0 Å². The molecule has 0 radical (unpaired) electrons. The molecule has 8 nitrogen and oxygen atoms in total. The van der Waals surface area contributed by atoms with Gasteiger partial charge in [-0.3, -0.25) is 14.9 Å². The Morgan fingerprint density at radius 3 is 2.43 bits per heavy atom. The number of amides is 1. The third kappa shape index (κ3) is 5.16. The summed E-state index contributed by atoms with van der Waals surface area (Å²) in [4.78, 5) is 23.2. The van der Waals surface area contributed by atoms with Crippen molar-refractivity contribution >= 4 is 38.9 Å². The third-order valence-corrected chi connectivity index (χ3v) is 7.34. The second-order valence-electron chi connectivity index (χ2n) is 7.25. The van der Waals surface area contributed by atoms with Crippen molar-refractivity contribution < 1.29 is 18.1 Å². The van der Waals surface area contributed by atoms with Crippen LogP contribution in [0.2, 0.25) is 5.02 Å². The van der Waals surface area contributed by atoms with Crippen LogP contribution in [0, 0.1) is 23.0 Å². The van der Waals surface area contributed by atoms with Gasteiger partial charge in [-0.15, -0.1) is 0 Å². The number of anilines is 1. The summed E-state index contributed by atoms with van der Waals surface area (Å²) in [5, 5.41) is 14.4. The average Bonchev–Trinajstić information content (AvgIpc) is 2.71. The summed E-state index contributed by atoms with van der Waals surface area (Å²) in [6.07, 6.45) is 0.777. The van der Waals surface area contributed by atoms with Crippen molar-refractivity contribution in [2.45, 2.75) is 25.5 Å². The van der Waals surface area contributed by atoms with Crippen LogP contribution in [0.1, 0.15) is 24.0 Å². The van der Waals surface area contributed by atoms with E-state index in [1.807, 2.05) is 0 Å². The number of hydrogen-bond acceptors (Lipinski definition) is 5. The Labute approximate surface area is 180 Å². The van der Waals surface area contributed by atoms with Gasteiger partial charge in [0.25, 0.3) is 5.69 Å². The maximum absolute atomic E-state index is 12.7. The molecule has 0 bridgehead atoms. The number of piperidine rings is 1. The molecule has 1 fully saturated rings. The van der Waals surface area contributed by atoms with Gasteiger partial charge in [-0.1, -0.05) is 29.8 Å². The van der Waals surface area contributed by atoms with Crippen LogP contribution in [-0.4, -0.2) is 36.6 Å². The Morgan fingerprint density at radius 1 is 1.20 bits per heavy atom. The molecule has 1 aliphatic rings. The Kier molecular flexibility index (Phi) is 6.74. The zero-order valence-electron chi connectivity index (χ0n) is 16.4. The van der Waals surface area contributed by atoms with Crippen LogP contribution in [0.5, 0.6) is 0 Å². The lowest BCUT2D eigenvalue weighted by Gasteiger charge is -2.30. The van der Waals surface area contributed by atoms with E-state index in [0.717, 1.165) is 0 Å². The zero-order valence-corrected chi connectivity index (χ0v) is 17.9. The first-order valence-electron chi connectivity index (χ1n) is 9.44. The molecule has 2 aromatic carbocycles. The molecule has 3 rings (SSSR count). The van der Waals surface area contributed by atoms with Gasteiger partial charge in [-0.25, -0.2) is 12.7 Å². The number of nitrogens with zero attached hydrogens (tertiary/aromatic N) is 2. The number of sulfonamides is 1. The minimum Gasteiger partial charge on any atom is -0.325 e. The van der Waals surface area contributed by atoms with E-state index in [1.54, 1.807) is 37.3 Å². The van der Waals surface area contributed by atoms with Crippen molar-refractivity contribution in [2.24, 2.45) is 5.92 Å². The zero-order chi connectivity index (χ0) is 21.9. The van der Waals surface area contributed by atoms with Crippen LogP contribution in [0.3, 0.4) is 0 Å². The van der Waals surface area contributed by atoms with E-state index in [1.165, 1.54) is 16.4 Å². The summed E-state index contributed by atoms with van der Waals surface area (Å²) in [7, 11) is -3.50. The second kappa shape index (κ2) is 9.11. The largest absolute Gasteiger partial charge is 0.325 e. The lowest BCUT2D eigenvalue weighted by molar-refractivity contribution is -0.385. The highest BCUT2D eigenvalue weighted by atomic mass is 35.5. The highest BCUT2D eigenvalue weighted by molar-refractivity contribution is 7.88. The van der Waals surface area contributed by atoms with E-state index in [4.69, 9.17) is 11.6 Å². The minimum atomic E-state index is -3.50. The van der Waals surface area contributed by atoms with E-state index >= 15 is 0 Å². The molecular formula is C20H22ClN3O5S. The molecule has 0 saturated carbocycles. The maximum atomic E-state index is 12.7. The number of hydrogen-bond donors (Lipinski definition) is 1. The van der Waals surface area contributed by atoms with Gasteiger partial charge < -0.3 is 5.32 Å². The summed E-state index contributed by atoms with van der Waals surface area (Å²) in [5.74, 6) is -0.729. The summed E-state index contributed by atoms with van der Waals surface area (Å²) in [6, 6.07) is 11.2. The van der Waals surface area contributed by atoms with E-state index in [9.17, 15) is 23.3 Å². The lowest BCUT2D eigenvalue weighted by Crippen LogP contribution is -2.41. The summed E-state index contributed by atoms with van der Waals surface area (Å²) < 4.78 is 26.8.